The second kappa shape index (κ2) is 8.16. The molecule has 0 amide bonds. The summed E-state index contributed by atoms with van der Waals surface area (Å²) >= 11 is 3.98. The minimum absolute atomic E-state index is 0.472. The van der Waals surface area contributed by atoms with Crippen LogP contribution in [0.3, 0.4) is 0 Å². The molecule has 0 spiro atoms. The Kier molecular flexibility index (Phi) is 8.05. The molecule has 0 aliphatic carbocycles. The van der Waals surface area contributed by atoms with Crippen molar-refractivity contribution in [3.05, 3.63) is 0 Å². The van der Waals surface area contributed by atoms with Gasteiger partial charge in [-0.2, -0.15) is 12.6 Å². The lowest BCUT2D eigenvalue weighted by atomic mass is 10.0. The largest absolute Gasteiger partial charge is 0.480 e. The van der Waals surface area contributed by atoms with Crippen LogP contribution in [0.2, 0.25) is 0 Å². The third-order valence-electron chi connectivity index (χ3n) is 2.29. The second-order valence-electron chi connectivity index (χ2n) is 4.24. The normalized spacial score (nSPS) is 13.1. The molecule has 0 aromatic heterocycles. The van der Waals surface area contributed by atoms with E-state index in [1.54, 1.807) is 0 Å². The number of carbonyl (C=O) groups is 1. The number of hydrogen-bond acceptors (Lipinski definition) is 2. The van der Waals surface area contributed by atoms with Gasteiger partial charge < -0.3 is 5.11 Å². The Labute approximate surface area is 92.5 Å². The molecule has 0 aliphatic rings. The number of aliphatic carboxylic acids is 1. The van der Waals surface area contributed by atoms with Gasteiger partial charge in [-0.05, 0) is 12.3 Å². The van der Waals surface area contributed by atoms with Gasteiger partial charge in [0, 0.05) is 0 Å². The van der Waals surface area contributed by atoms with Crippen LogP contribution in [0, 0.1) is 5.92 Å². The van der Waals surface area contributed by atoms with Crippen LogP contribution in [0.15, 0.2) is 0 Å². The summed E-state index contributed by atoms with van der Waals surface area (Å²) in [6.45, 7) is 4.46. The highest BCUT2D eigenvalue weighted by molar-refractivity contribution is 7.81. The van der Waals surface area contributed by atoms with E-state index in [4.69, 9.17) is 5.11 Å². The summed E-state index contributed by atoms with van der Waals surface area (Å²) in [6.07, 6.45) is 6.58. The summed E-state index contributed by atoms with van der Waals surface area (Å²) in [5.41, 5.74) is 0. The zero-order valence-electron chi connectivity index (χ0n) is 9.20. The molecule has 0 saturated heterocycles. The van der Waals surface area contributed by atoms with Gasteiger partial charge in [-0.25, -0.2) is 0 Å². The molecule has 14 heavy (non-hydrogen) atoms. The Balaban J connectivity index is 3.17. The Morgan fingerprint density at radius 3 is 2.07 bits per heavy atom. The highest BCUT2D eigenvalue weighted by Crippen LogP contribution is 2.13. The van der Waals surface area contributed by atoms with Gasteiger partial charge in [0.05, 0.1) is 5.25 Å². The van der Waals surface area contributed by atoms with Crippen LogP contribution < -0.4 is 0 Å². The predicted molar refractivity (Wildman–Crippen MR) is 62.9 cm³/mol. The molecule has 0 heterocycles. The number of thiol groups is 1. The quantitative estimate of drug-likeness (QED) is 0.484. The lowest BCUT2D eigenvalue weighted by molar-refractivity contribution is -0.136. The third kappa shape index (κ3) is 8.42. The molecule has 0 aromatic rings. The van der Waals surface area contributed by atoms with Crippen molar-refractivity contribution < 1.29 is 9.90 Å². The summed E-state index contributed by atoms with van der Waals surface area (Å²) < 4.78 is 0. The van der Waals surface area contributed by atoms with E-state index in [-0.39, 0.29) is 0 Å². The van der Waals surface area contributed by atoms with E-state index in [9.17, 15) is 4.79 Å². The van der Waals surface area contributed by atoms with E-state index in [1.807, 2.05) is 0 Å². The van der Waals surface area contributed by atoms with Crippen molar-refractivity contribution >= 4 is 18.6 Å². The molecule has 0 aromatic carbocycles. The van der Waals surface area contributed by atoms with Gasteiger partial charge in [0.15, 0.2) is 0 Å². The van der Waals surface area contributed by atoms with Gasteiger partial charge in [-0.3, -0.25) is 4.79 Å². The van der Waals surface area contributed by atoms with Gasteiger partial charge in [0.2, 0.25) is 0 Å². The van der Waals surface area contributed by atoms with Gasteiger partial charge in [-0.15, -0.1) is 0 Å². The summed E-state index contributed by atoms with van der Waals surface area (Å²) in [5, 5.41) is 8.11. The van der Waals surface area contributed by atoms with Crippen molar-refractivity contribution in [1.29, 1.82) is 0 Å². The first kappa shape index (κ1) is 13.8. The minimum atomic E-state index is -0.796. The maximum Gasteiger partial charge on any atom is 0.316 e. The van der Waals surface area contributed by atoms with Crippen LogP contribution in [0.5, 0.6) is 0 Å². The van der Waals surface area contributed by atoms with Crippen LogP contribution in [-0.4, -0.2) is 16.3 Å². The van der Waals surface area contributed by atoms with Crippen molar-refractivity contribution in [3.63, 3.8) is 0 Å². The SMILES string of the molecule is CC(C)CCCCCCC(S)C(=O)O. The Morgan fingerprint density at radius 2 is 1.64 bits per heavy atom. The minimum Gasteiger partial charge on any atom is -0.480 e. The van der Waals surface area contributed by atoms with Gasteiger partial charge in [-0.1, -0.05) is 46.0 Å². The number of carboxylic acid groups (broad SMARTS) is 1. The average molecular weight is 218 g/mol. The molecular weight excluding hydrogens is 196 g/mol. The first-order valence-electron chi connectivity index (χ1n) is 5.45. The number of rotatable bonds is 8. The summed E-state index contributed by atoms with van der Waals surface area (Å²) in [7, 11) is 0. The van der Waals surface area contributed by atoms with E-state index in [0.29, 0.717) is 6.42 Å². The summed E-state index contributed by atoms with van der Waals surface area (Å²) in [5.74, 6) is -0.0119. The molecule has 0 fully saturated rings. The van der Waals surface area contributed by atoms with Crippen LogP contribution >= 0.6 is 12.6 Å². The molecule has 3 heteroatoms. The molecule has 2 nitrogen and oxygen atoms in total. The lowest BCUT2D eigenvalue weighted by Gasteiger charge is -2.06. The maximum absolute atomic E-state index is 10.4. The molecule has 1 unspecified atom stereocenters. The molecule has 84 valence electrons. The monoisotopic (exact) mass is 218 g/mol. The Bertz CT molecular complexity index is 157. The standard InChI is InChI=1S/C11H22O2S/c1-9(2)7-5-3-4-6-8-10(14)11(12)13/h9-10,14H,3-8H2,1-2H3,(H,12,13). The molecule has 0 aliphatic heterocycles. The van der Waals surface area contributed by atoms with Crippen molar-refractivity contribution in [3.8, 4) is 0 Å². The van der Waals surface area contributed by atoms with E-state index >= 15 is 0 Å². The fourth-order valence-electron chi connectivity index (χ4n) is 1.37. The molecule has 0 rings (SSSR count). The zero-order chi connectivity index (χ0) is 11.0. The molecular formula is C11H22O2S. The average Bonchev–Trinajstić information content (AvgIpc) is 2.09. The van der Waals surface area contributed by atoms with Crippen molar-refractivity contribution in [1.82, 2.24) is 0 Å². The molecule has 1 N–H and O–H groups in total. The van der Waals surface area contributed by atoms with E-state index in [2.05, 4.69) is 26.5 Å². The highest BCUT2D eigenvalue weighted by atomic mass is 32.1. The van der Waals surface area contributed by atoms with Gasteiger partial charge >= 0.3 is 5.97 Å². The van der Waals surface area contributed by atoms with E-state index < -0.39 is 11.2 Å². The van der Waals surface area contributed by atoms with Crippen LogP contribution in [0.25, 0.3) is 0 Å². The summed E-state index contributed by atoms with van der Waals surface area (Å²) in [4.78, 5) is 10.4. The van der Waals surface area contributed by atoms with Crippen LogP contribution in [0.4, 0.5) is 0 Å². The Morgan fingerprint density at radius 1 is 1.14 bits per heavy atom. The van der Waals surface area contributed by atoms with Gasteiger partial charge in [0.25, 0.3) is 0 Å². The lowest BCUT2D eigenvalue weighted by Crippen LogP contribution is -2.12. The van der Waals surface area contributed by atoms with Crippen molar-refractivity contribution in [2.45, 2.75) is 57.6 Å². The molecule has 1 atom stereocenters. The third-order valence-corrected chi connectivity index (χ3v) is 2.77. The zero-order valence-corrected chi connectivity index (χ0v) is 10.1. The molecule has 0 bridgehead atoms. The van der Waals surface area contributed by atoms with E-state index in [1.165, 1.54) is 19.3 Å². The number of hydrogen-bond donors (Lipinski definition) is 2. The fraction of sp³-hybridized carbons (Fsp3) is 0.909. The van der Waals surface area contributed by atoms with Crippen molar-refractivity contribution in [2.24, 2.45) is 5.92 Å². The molecule has 0 saturated carbocycles. The predicted octanol–water partition coefficient (Wildman–Crippen LogP) is 3.37. The molecule has 0 radical (unpaired) electrons. The van der Waals surface area contributed by atoms with Crippen molar-refractivity contribution in [2.75, 3.05) is 0 Å². The number of unbranched alkanes of at least 4 members (excludes halogenated alkanes) is 3. The van der Waals surface area contributed by atoms with E-state index in [0.717, 1.165) is 18.8 Å². The van der Waals surface area contributed by atoms with Crippen LogP contribution in [-0.2, 0) is 4.79 Å². The Hall–Kier alpha value is -0.180. The van der Waals surface area contributed by atoms with Gasteiger partial charge in [0.1, 0.15) is 0 Å². The first-order valence-corrected chi connectivity index (χ1v) is 5.96. The summed E-state index contributed by atoms with van der Waals surface area (Å²) in [6, 6.07) is 0. The highest BCUT2D eigenvalue weighted by Gasteiger charge is 2.10. The fourth-order valence-corrected chi connectivity index (χ4v) is 1.55. The maximum atomic E-state index is 10.4. The van der Waals surface area contributed by atoms with Crippen LogP contribution in [0.1, 0.15) is 52.4 Å². The topological polar surface area (TPSA) is 37.3 Å². The number of carboxylic acids is 1. The first-order chi connectivity index (χ1) is 6.54. The smallest absolute Gasteiger partial charge is 0.316 e. The second-order valence-corrected chi connectivity index (χ2v) is 4.86.